The highest BCUT2D eigenvalue weighted by Crippen LogP contribution is 2.64. The lowest BCUT2D eigenvalue weighted by Gasteiger charge is -2.60. The second-order valence-corrected chi connectivity index (χ2v) is 10.4. The van der Waals surface area contributed by atoms with Gasteiger partial charge in [-0.15, -0.1) is 0 Å². The Bertz CT molecular complexity index is 892. The summed E-state index contributed by atoms with van der Waals surface area (Å²) in [7, 11) is 1.28. The quantitative estimate of drug-likeness (QED) is 0.429. The van der Waals surface area contributed by atoms with Gasteiger partial charge in [-0.05, 0) is 23.7 Å². The van der Waals surface area contributed by atoms with Crippen LogP contribution < -0.4 is 0 Å². The molecule has 4 rings (SSSR count). The smallest absolute Gasteiger partial charge is 0.347 e. The van der Waals surface area contributed by atoms with Crippen molar-refractivity contribution in [2.24, 2.45) is 28.6 Å². The molecular formula is C24H32O10. The van der Waals surface area contributed by atoms with Crippen molar-refractivity contribution < 1.29 is 47.7 Å². The van der Waals surface area contributed by atoms with Gasteiger partial charge < -0.3 is 23.7 Å². The summed E-state index contributed by atoms with van der Waals surface area (Å²) in [5.74, 6) is -4.85. The predicted molar refractivity (Wildman–Crippen MR) is 113 cm³/mol. The Balaban J connectivity index is 1.69. The largest absolute Gasteiger partial charge is 0.469 e. The Labute approximate surface area is 197 Å². The van der Waals surface area contributed by atoms with Crippen molar-refractivity contribution >= 4 is 29.7 Å². The first-order chi connectivity index (χ1) is 16.0. The van der Waals surface area contributed by atoms with E-state index in [9.17, 15) is 24.0 Å². The van der Waals surface area contributed by atoms with E-state index >= 15 is 0 Å². The second-order valence-electron chi connectivity index (χ2n) is 10.4. The van der Waals surface area contributed by atoms with Crippen molar-refractivity contribution in [1.82, 2.24) is 0 Å². The molecule has 0 aromatic rings. The third-order valence-corrected chi connectivity index (χ3v) is 8.33. The number of cyclic esters (lactones) is 1. The van der Waals surface area contributed by atoms with Crippen molar-refractivity contribution in [3.8, 4) is 0 Å². The van der Waals surface area contributed by atoms with Crippen LogP contribution in [0, 0.1) is 28.6 Å². The summed E-state index contributed by atoms with van der Waals surface area (Å²) >= 11 is 0. The maximum absolute atomic E-state index is 13.8. The van der Waals surface area contributed by atoms with Gasteiger partial charge in [0.15, 0.2) is 18.0 Å². The number of carbonyl (C=O) groups excluding carboxylic acids is 5. The van der Waals surface area contributed by atoms with Crippen molar-refractivity contribution in [3.05, 3.63) is 0 Å². The van der Waals surface area contributed by atoms with Gasteiger partial charge in [0.05, 0.1) is 32.2 Å². The number of hydrogen-bond donors (Lipinski definition) is 0. The van der Waals surface area contributed by atoms with E-state index in [1.165, 1.54) is 14.0 Å². The maximum Gasteiger partial charge on any atom is 0.347 e. The molecule has 10 nitrogen and oxygen atoms in total. The Morgan fingerprint density at radius 3 is 2.38 bits per heavy atom. The van der Waals surface area contributed by atoms with Crippen LogP contribution in [-0.4, -0.2) is 68.3 Å². The van der Waals surface area contributed by atoms with E-state index in [1.54, 1.807) is 6.92 Å². The van der Waals surface area contributed by atoms with Crippen LogP contribution in [0.2, 0.25) is 0 Å². The summed E-state index contributed by atoms with van der Waals surface area (Å²) in [6.07, 6.45) is -1.22. The summed E-state index contributed by atoms with van der Waals surface area (Å²) in [4.78, 5) is 64.2. The van der Waals surface area contributed by atoms with E-state index in [2.05, 4.69) is 0 Å². The van der Waals surface area contributed by atoms with Crippen molar-refractivity contribution in [2.75, 3.05) is 20.3 Å². The first-order valence-corrected chi connectivity index (χ1v) is 11.8. The highest BCUT2D eigenvalue weighted by molar-refractivity contribution is 5.93. The zero-order valence-electron chi connectivity index (χ0n) is 20.0. The minimum absolute atomic E-state index is 0.0242. The molecule has 0 aromatic heterocycles. The molecule has 2 saturated heterocycles. The Kier molecular flexibility index (Phi) is 6.48. The molecule has 0 aromatic carbocycles. The van der Waals surface area contributed by atoms with E-state index in [0.29, 0.717) is 25.9 Å². The second kappa shape index (κ2) is 8.94. The van der Waals surface area contributed by atoms with Gasteiger partial charge in [0.1, 0.15) is 6.10 Å². The van der Waals surface area contributed by atoms with Gasteiger partial charge >= 0.3 is 23.9 Å². The van der Waals surface area contributed by atoms with Crippen LogP contribution in [0.1, 0.15) is 52.9 Å². The molecule has 4 fully saturated rings. The SMILES string of the molecule is COC(=O)[C@@H]1C[C@H](OC(C)=O)C(=O)[C@H]2[C@@]1(C)CC[C@H]1C(=O)O[C@H](C(=O)O[C@H]3CCOC3)C[C@]21C. The molecular weight excluding hydrogens is 448 g/mol. The summed E-state index contributed by atoms with van der Waals surface area (Å²) in [5, 5.41) is 0. The van der Waals surface area contributed by atoms with Crippen LogP contribution in [0.5, 0.6) is 0 Å². The van der Waals surface area contributed by atoms with Gasteiger partial charge in [0, 0.05) is 32.1 Å². The molecule has 0 unspecified atom stereocenters. The molecule has 2 heterocycles. The number of ether oxygens (including phenoxy) is 5. The van der Waals surface area contributed by atoms with E-state index in [4.69, 9.17) is 23.7 Å². The lowest BCUT2D eigenvalue weighted by atomic mass is 9.43. The van der Waals surface area contributed by atoms with E-state index in [0.717, 1.165) is 0 Å². The maximum atomic E-state index is 13.8. The van der Waals surface area contributed by atoms with Crippen LogP contribution in [-0.2, 0) is 47.7 Å². The van der Waals surface area contributed by atoms with Crippen molar-refractivity contribution in [3.63, 3.8) is 0 Å². The molecule has 188 valence electrons. The monoisotopic (exact) mass is 480 g/mol. The van der Waals surface area contributed by atoms with E-state index < -0.39 is 70.8 Å². The van der Waals surface area contributed by atoms with Gasteiger partial charge in [-0.25, -0.2) is 4.79 Å². The Morgan fingerprint density at radius 1 is 1.03 bits per heavy atom. The van der Waals surface area contributed by atoms with Gasteiger partial charge in [-0.2, -0.15) is 0 Å². The number of fused-ring (bicyclic) bond motifs is 3. The summed E-state index contributed by atoms with van der Waals surface area (Å²) in [6.45, 7) is 5.63. The molecule has 2 aliphatic heterocycles. The van der Waals surface area contributed by atoms with Crippen LogP contribution in [0.3, 0.4) is 0 Å². The number of methoxy groups -OCH3 is 1. The molecule has 8 atom stereocenters. The van der Waals surface area contributed by atoms with Crippen LogP contribution >= 0.6 is 0 Å². The molecule has 0 radical (unpaired) electrons. The first kappa shape index (κ1) is 24.6. The Hall–Kier alpha value is -2.49. The van der Waals surface area contributed by atoms with Crippen LogP contribution in [0.15, 0.2) is 0 Å². The highest BCUT2D eigenvalue weighted by Gasteiger charge is 2.68. The minimum atomic E-state index is -1.17. The number of rotatable bonds is 4. The van der Waals surface area contributed by atoms with E-state index in [-0.39, 0.29) is 25.2 Å². The molecule has 0 amide bonds. The average molecular weight is 481 g/mol. The summed E-state index contributed by atoms with van der Waals surface area (Å²) in [5.41, 5.74) is -1.84. The minimum Gasteiger partial charge on any atom is -0.469 e. The van der Waals surface area contributed by atoms with Gasteiger partial charge in [-0.3, -0.25) is 19.2 Å². The molecule has 0 bridgehead atoms. The third-order valence-electron chi connectivity index (χ3n) is 8.33. The van der Waals surface area contributed by atoms with Crippen molar-refractivity contribution in [2.45, 2.75) is 71.2 Å². The third kappa shape index (κ3) is 3.99. The highest BCUT2D eigenvalue weighted by atomic mass is 16.6. The molecule has 0 spiro atoms. The molecule has 4 aliphatic rings. The topological polar surface area (TPSA) is 132 Å². The molecule has 2 saturated carbocycles. The van der Waals surface area contributed by atoms with Gasteiger partial charge in [-0.1, -0.05) is 13.8 Å². The fraction of sp³-hybridized carbons (Fsp3) is 0.792. The number of hydrogen-bond acceptors (Lipinski definition) is 10. The normalized spacial score (nSPS) is 41.5. The summed E-state index contributed by atoms with van der Waals surface area (Å²) in [6, 6.07) is 0. The number of esters is 4. The van der Waals surface area contributed by atoms with Gasteiger partial charge in [0.2, 0.25) is 0 Å². The van der Waals surface area contributed by atoms with Gasteiger partial charge in [0.25, 0.3) is 0 Å². The number of carbonyl (C=O) groups is 5. The molecule has 2 aliphatic carbocycles. The first-order valence-electron chi connectivity index (χ1n) is 11.8. The number of ketones is 1. The zero-order valence-corrected chi connectivity index (χ0v) is 20.0. The number of Topliss-reactive ketones (excluding diaryl/α,β-unsaturated/α-hetero) is 1. The molecule has 34 heavy (non-hydrogen) atoms. The average Bonchev–Trinajstić information content (AvgIpc) is 3.27. The van der Waals surface area contributed by atoms with Crippen LogP contribution in [0.25, 0.3) is 0 Å². The Morgan fingerprint density at radius 2 is 1.76 bits per heavy atom. The van der Waals surface area contributed by atoms with Crippen LogP contribution in [0.4, 0.5) is 0 Å². The molecule has 10 heteroatoms. The zero-order chi connectivity index (χ0) is 24.8. The van der Waals surface area contributed by atoms with Crippen molar-refractivity contribution in [1.29, 1.82) is 0 Å². The fourth-order valence-corrected chi connectivity index (χ4v) is 6.80. The predicted octanol–water partition coefficient (Wildman–Crippen LogP) is 1.37. The summed E-state index contributed by atoms with van der Waals surface area (Å²) < 4.78 is 26.6. The lowest BCUT2D eigenvalue weighted by molar-refractivity contribution is -0.215. The fourth-order valence-electron chi connectivity index (χ4n) is 6.80. The standard InChI is InChI=1S/C24H32O10/c1-12(25)32-16-9-15(20(27)30-4)23(2)7-5-14-21(28)34-17(10-24(14,3)19(23)18(16)26)22(29)33-13-6-8-31-11-13/h13-17,19H,5-11H2,1-4H3/t13-,14-,15-,16-,17-,19-,23-,24-/m0/s1. The van der Waals surface area contributed by atoms with E-state index in [1.807, 2.05) is 6.92 Å². The molecule has 0 N–H and O–H groups in total. The lowest BCUT2D eigenvalue weighted by Crippen LogP contribution is -2.66.